The molecule has 5 rings (SSSR count). The Morgan fingerprint density at radius 2 is 2.00 bits per heavy atom. The van der Waals surface area contributed by atoms with Gasteiger partial charge in [-0.2, -0.15) is 4.99 Å². The van der Waals surface area contributed by atoms with Gasteiger partial charge in [0.1, 0.15) is 11.5 Å². The van der Waals surface area contributed by atoms with E-state index in [2.05, 4.69) is 15.3 Å². The molecule has 0 aromatic carbocycles. The number of fused-ring (bicyclic) bond motifs is 2. The van der Waals surface area contributed by atoms with Crippen LogP contribution in [0, 0.1) is 5.92 Å². The molecule has 0 aromatic heterocycles. The Bertz CT molecular complexity index is 1010. The molecule has 0 radical (unpaired) electrons. The van der Waals surface area contributed by atoms with Gasteiger partial charge < -0.3 is 15.0 Å². The van der Waals surface area contributed by atoms with Gasteiger partial charge in [-0.3, -0.25) is 9.79 Å². The average Bonchev–Trinajstić information content (AvgIpc) is 3.33. The van der Waals surface area contributed by atoms with E-state index in [1.807, 2.05) is 6.08 Å². The number of halogens is 2. The first-order valence-corrected chi connectivity index (χ1v) is 9.91. The fourth-order valence-corrected chi connectivity index (χ4v) is 4.42. The number of urea groups is 1. The van der Waals surface area contributed by atoms with Crippen molar-refractivity contribution in [1.82, 2.24) is 10.2 Å². The summed E-state index contributed by atoms with van der Waals surface area (Å²) in [6.07, 6.45) is 8.38. The van der Waals surface area contributed by atoms with E-state index in [-0.39, 0.29) is 37.7 Å². The summed E-state index contributed by atoms with van der Waals surface area (Å²) in [5, 5.41) is 2.71. The van der Waals surface area contributed by atoms with Crippen molar-refractivity contribution in [3.05, 3.63) is 47.0 Å². The minimum Gasteiger partial charge on any atom is -0.492 e. The molecule has 1 fully saturated rings. The average molecular weight is 414 g/mol. The summed E-state index contributed by atoms with van der Waals surface area (Å²) in [5.74, 6) is -2.71. The minimum atomic E-state index is -2.66. The van der Waals surface area contributed by atoms with E-state index < -0.39 is 23.9 Å². The molecule has 2 atom stereocenters. The first kappa shape index (κ1) is 18.9. The Kier molecular flexibility index (Phi) is 4.23. The zero-order valence-corrected chi connectivity index (χ0v) is 16.3. The largest absolute Gasteiger partial charge is 0.492 e. The van der Waals surface area contributed by atoms with Gasteiger partial charge in [-0.05, 0) is 36.1 Å². The normalized spacial score (nSPS) is 30.0. The van der Waals surface area contributed by atoms with E-state index in [9.17, 15) is 18.4 Å². The van der Waals surface area contributed by atoms with Gasteiger partial charge in [0.2, 0.25) is 5.92 Å². The second-order valence-corrected chi connectivity index (χ2v) is 8.03. The Labute approximate surface area is 171 Å². The van der Waals surface area contributed by atoms with Gasteiger partial charge in [0.25, 0.3) is 5.91 Å². The predicted octanol–water partition coefficient (Wildman–Crippen LogP) is 2.88. The monoisotopic (exact) mass is 414 g/mol. The van der Waals surface area contributed by atoms with E-state index in [1.54, 1.807) is 31.6 Å². The smallest absolute Gasteiger partial charge is 0.346 e. The highest BCUT2D eigenvalue weighted by Crippen LogP contribution is 2.42. The van der Waals surface area contributed by atoms with Crippen LogP contribution in [0.15, 0.2) is 57.0 Å². The third kappa shape index (κ3) is 3.09. The van der Waals surface area contributed by atoms with Crippen LogP contribution in [0.1, 0.15) is 25.7 Å². The Morgan fingerprint density at radius 3 is 2.77 bits per heavy atom. The van der Waals surface area contributed by atoms with Crippen molar-refractivity contribution in [3.63, 3.8) is 0 Å². The first-order chi connectivity index (χ1) is 14.3. The highest BCUT2D eigenvalue weighted by Gasteiger charge is 2.42. The van der Waals surface area contributed by atoms with Gasteiger partial charge in [0, 0.05) is 32.3 Å². The van der Waals surface area contributed by atoms with E-state index in [4.69, 9.17) is 4.74 Å². The number of hydrogen-bond acceptors (Lipinski definition) is 4. The van der Waals surface area contributed by atoms with E-state index in [1.165, 1.54) is 4.90 Å². The van der Waals surface area contributed by atoms with Crippen LogP contribution in [0.4, 0.5) is 13.6 Å². The lowest BCUT2D eigenvalue weighted by atomic mass is 9.82. The molecule has 30 heavy (non-hydrogen) atoms. The number of ether oxygens (including phenoxy) is 1. The summed E-state index contributed by atoms with van der Waals surface area (Å²) >= 11 is 0. The van der Waals surface area contributed by atoms with Crippen molar-refractivity contribution in [2.45, 2.75) is 43.8 Å². The molecule has 7 nitrogen and oxygen atoms in total. The summed E-state index contributed by atoms with van der Waals surface area (Å²) in [4.78, 5) is 34.0. The Balaban J connectivity index is 1.51. The zero-order valence-electron chi connectivity index (χ0n) is 16.3. The Hall–Kier alpha value is -3.10. The fourth-order valence-electron chi connectivity index (χ4n) is 4.42. The van der Waals surface area contributed by atoms with E-state index >= 15 is 0 Å². The van der Waals surface area contributed by atoms with Gasteiger partial charge in [0.05, 0.1) is 17.7 Å². The third-order valence-electron chi connectivity index (χ3n) is 6.01. The van der Waals surface area contributed by atoms with Gasteiger partial charge in [-0.1, -0.05) is 6.08 Å². The molecule has 2 unspecified atom stereocenters. The zero-order chi connectivity index (χ0) is 21.0. The van der Waals surface area contributed by atoms with Crippen molar-refractivity contribution >= 4 is 23.9 Å². The molecule has 0 spiro atoms. The van der Waals surface area contributed by atoms with Crippen molar-refractivity contribution in [3.8, 4) is 0 Å². The van der Waals surface area contributed by atoms with Gasteiger partial charge >= 0.3 is 6.03 Å². The summed E-state index contributed by atoms with van der Waals surface area (Å²) in [7, 11) is 1.67. The number of amides is 3. The second-order valence-electron chi connectivity index (χ2n) is 8.03. The van der Waals surface area contributed by atoms with Crippen molar-refractivity contribution in [2.24, 2.45) is 15.9 Å². The van der Waals surface area contributed by atoms with Gasteiger partial charge in [0.15, 0.2) is 6.04 Å². The van der Waals surface area contributed by atoms with Crippen LogP contribution in [-0.2, 0) is 9.53 Å². The molecule has 0 bridgehead atoms. The maximum atomic E-state index is 13.6. The lowest BCUT2D eigenvalue weighted by molar-refractivity contribution is -0.128. The number of aliphatic imine (C=N–C) groups is 2. The lowest BCUT2D eigenvalue weighted by Gasteiger charge is -2.35. The van der Waals surface area contributed by atoms with Crippen molar-refractivity contribution < 1.29 is 23.1 Å². The van der Waals surface area contributed by atoms with Gasteiger partial charge in [-0.15, -0.1) is 0 Å². The molecule has 0 aromatic rings. The summed E-state index contributed by atoms with van der Waals surface area (Å²) in [6.45, 7) is 0. The molecule has 5 aliphatic rings. The molecule has 1 saturated carbocycles. The minimum absolute atomic E-state index is 0.125. The number of nitrogens with one attached hydrogen (secondary N) is 1. The molecule has 0 saturated heterocycles. The lowest BCUT2D eigenvalue weighted by Crippen LogP contribution is -2.39. The summed E-state index contributed by atoms with van der Waals surface area (Å²) in [6, 6.07) is -1.09. The number of allylic oxidation sites excluding steroid dienone is 3. The predicted molar refractivity (Wildman–Crippen MR) is 105 cm³/mol. The number of nitrogens with zero attached hydrogens (tertiary/aromatic N) is 3. The molecule has 3 amide bonds. The van der Waals surface area contributed by atoms with Gasteiger partial charge in [-0.25, -0.2) is 13.6 Å². The van der Waals surface area contributed by atoms with Crippen LogP contribution >= 0.6 is 0 Å². The SMILES string of the molecule is CN1C=C(C2C=CC3=NC(=O)NC3=C2OC2CCC(F)(F)CC2)C2=CC=NC2C1=O. The van der Waals surface area contributed by atoms with Crippen LogP contribution in [0.3, 0.4) is 0 Å². The molecule has 3 heterocycles. The van der Waals surface area contributed by atoms with Crippen LogP contribution in [0.2, 0.25) is 0 Å². The third-order valence-corrected chi connectivity index (χ3v) is 6.01. The second kappa shape index (κ2) is 6.72. The van der Waals surface area contributed by atoms with Crippen LogP contribution in [0.5, 0.6) is 0 Å². The number of carbonyl (C=O) groups excluding carboxylic acids is 2. The van der Waals surface area contributed by atoms with Crippen molar-refractivity contribution in [2.75, 3.05) is 7.05 Å². The maximum absolute atomic E-state index is 13.6. The van der Waals surface area contributed by atoms with Crippen molar-refractivity contribution in [1.29, 1.82) is 0 Å². The van der Waals surface area contributed by atoms with E-state index in [0.717, 1.165) is 11.1 Å². The standard InChI is InChI=1S/C21H20F2N4O3/c1-27-10-14(12-6-9-24-16(12)19(27)28)13-2-3-15-17(26-20(29)25-15)18(13)30-11-4-7-21(22,23)8-5-11/h2-3,6,9-11,13,16H,4-5,7-8H2,1H3,(H,26,29). The summed E-state index contributed by atoms with van der Waals surface area (Å²) < 4.78 is 33.4. The molecule has 1 N–H and O–H groups in total. The molecule has 156 valence electrons. The fraction of sp³-hybridized carbons (Fsp3) is 0.429. The number of rotatable bonds is 3. The van der Waals surface area contributed by atoms with Crippen LogP contribution in [0.25, 0.3) is 0 Å². The first-order valence-electron chi connectivity index (χ1n) is 9.91. The molecule has 9 heteroatoms. The van der Waals surface area contributed by atoms with Crippen LogP contribution < -0.4 is 5.32 Å². The maximum Gasteiger partial charge on any atom is 0.346 e. The molecular weight excluding hydrogens is 394 g/mol. The highest BCUT2D eigenvalue weighted by molar-refractivity contribution is 6.19. The molecule has 2 aliphatic carbocycles. The number of hydrogen-bond donors (Lipinski definition) is 1. The number of likely N-dealkylation sites (N-methyl/N-ethyl adjacent to an activating group) is 1. The molecule has 3 aliphatic heterocycles. The summed E-state index contributed by atoms with van der Waals surface area (Å²) in [5.41, 5.74) is 2.51. The van der Waals surface area contributed by atoms with E-state index in [0.29, 0.717) is 17.2 Å². The highest BCUT2D eigenvalue weighted by atomic mass is 19.3. The Morgan fingerprint density at radius 1 is 1.23 bits per heavy atom. The number of carbonyl (C=O) groups is 2. The van der Waals surface area contributed by atoms with Crippen LogP contribution in [-0.4, -0.2) is 53.9 Å². The quantitative estimate of drug-likeness (QED) is 0.771. The topological polar surface area (TPSA) is 83.4 Å². The number of alkyl halides is 2. The molecular formula is C21H20F2N4O3.